The minimum atomic E-state index is -1.12. The molecule has 17 heavy (non-hydrogen) atoms. The number of carbonyl (C=O) groups excluding carboxylic acids is 1. The lowest BCUT2D eigenvalue weighted by Crippen LogP contribution is -2.27. The Morgan fingerprint density at radius 1 is 1.53 bits per heavy atom. The summed E-state index contributed by atoms with van der Waals surface area (Å²) < 4.78 is 0. The summed E-state index contributed by atoms with van der Waals surface area (Å²) in [5.41, 5.74) is -0.0894. The van der Waals surface area contributed by atoms with Crippen molar-refractivity contribution in [1.82, 2.24) is 15.2 Å². The summed E-state index contributed by atoms with van der Waals surface area (Å²) in [6.45, 7) is 1.44. The Morgan fingerprint density at radius 2 is 2.24 bits per heavy atom. The van der Waals surface area contributed by atoms with E-state index in [4.69, 9.17) is 5.11 Å². The molecular weight excluding hydrogens is 242 g/mol. The van der Waals surface area contributed by atoms with E-state index in [0.29, 0.717) is 6.54 Å². The lowest BCUT2D eigenvalue weighted by molar-refractivity contribution is 0.0691. The van der Waals surface area contributed by atoms with E-state index in [1.54, 1.807) is 0 Å². The number of nitrogens with zero attached hydrogens (tertiary/aromatic N) is 2. The van der Waals surface area contributed by atoms with E-state index in [9.17, 15) is 9.59 Å². The first-order valence-electron chi connectivity index (χ1n) is 5.12. The zero-order chi connectivity index (χ0) is 12.8. The predicted molar refractivity (Wildman–Crippen MR) is 64.6 cm³/mol. The van der Waals surface area contributed by atoms with Crippen molar-refractivity contribution in [3.8, 4) is 0 Å². The molecule has 1 aromatic rings. The van der Waals surface area contributed by atoms with Gasteiger partial charge in [0, 0.05) is 11.9 Å². The summed E-state index contributed by atoms with van der Waals surface area (Å²) in [5, 5.41) is 12.9. The van der Waals surface area contributed by atoms with Crippen molar-refractivity contribution < 1.29 is 14.7 Å². The van der Waals surface area contributed by atoms with Gasteiger partial charge in [-0.3, -0.25) is 4.79 Å². The topological polar surface area (TPSA) is 82.5 Å². The van der Waals surface area contributed by atoms with Crippen LogP contribution < -0.4 is 5.32 Å². The van der Waals surface area contributed by atoms with E-state index in [2.05, 4.69) is 10.3 Å². The van der Waals surface area contributed by atoms with Gasteiger partial charge in [-0.2, -0.15) is 0 Å². The van der Waals surface area contributed by atoms with Crippen LogP contribution in [0.5, 0.6) is 0 Å². The molecule has 2 N–H and O–H groups in total. The van der Waals surface area contributed by atoms with Gasteiger partial charge in [0.25, 0.3) is 5.91 Å². The number of hydrogen-bond acceptors (Lipinski definition) is 5. The van der Waals surface area contributed by atoms with Crippen LogP contribution >= 0.6 is 11.3 Å². The molecular formula is C10H15N3O3S. The second-order valence-electron chi connectivity index (χ2n) is 3.76. The molecule has 0 bridgehead atoms. The van der Waals surface area contributed by atoms with Gasteiger partial charge in [0.1, 0.15) is 0 Å². The minimum absolute atomic E-state index is 0.0894. The molecule has 0 spiro atoms. The van der Waals surface area contributed by atoms with E-state index in [1.807, 2.05) is 19.0 Å². The van der Waals surface area contributed by atoms with Gasteiger partial charge in [-0.1, -0.05) is 0 Å². The summed E-state index contributed by atoms with van der Waals surface area (Å²) in [4.78, 5) is 27.9. The van der Waals surface area contributed by atoms with Crippen LogP contribution in [-0.2, 0) is 0 Å². The number of carbonyl (C=O) groups is 2. The van der Waals surface area contributed by atoms with Gasteiger partial charge >= 0.3 is 5.97 Å². The Kier molecular flexibility index (Phi) is 5.05. The van der Waals surface area contributed by atoms with E-state index in [-0.39, 0.29) is 16.6 Å². The summed E-state index contributed by atoms with van der Waals surface area (Å²) in [6.07, 6.45) is 0.843. The SMILES string of the molecule is CN(C)CCCNC(=O)c1nc(C(=O)O)cs1. The number of carboxylic acids is 1. The maximum Gasteiger partial charge on any atom is 0.355 e. The lowest BCUT2D eigenvalue weighted by Gasteiger charge is -2.08. The molecule has 0 saturated heterocycles. The third kappa shape index (κ3) is 4.49. The van der Waals surface area contributed by atoms with E-state index in [1.165, 1.54) is 5.38 Å². The highest BCUT2D eigenvalue weighted by atomic mass is 32.1. The Bertz CT molecular complexity index is 403. The van der Waals surface area contributed by atoms with Crippen molar-refractivity contribution in [2.24, 2.45) is 0 Å². The van der Waals surface area contributed by atoms with Crippen molar-refractivity contribution >= 4 is 23.2 Å². The maximum atomic E-state index is 11.6. The molecule has 0 fully saturated rings. The van der Waals surface area contributed by atoms with Crippen molar-refractivity contribution in [2.75, 3.05) is 27.2 Å². The fourth-order valence-corrected chi connectivity index (χ4v) is 1.86. The smallest absolute Gasteiger partial charge is 0.355 e. The predicted octanol–water partition coefficient (Wildman–Crippen LogP) is 0.523. The zero-order valence-electron chi connectivity index (χ0n) is 9.77. The van der Waals surface area contributed by atoms with Gasteiger partial charge in [0.15, 0.2) is 10.7 Å². The van der Waals surface area contributed by atoms with Gasteiger partial charge in [0.2, 0.25) is 0 Å². The Morgan fingerprint density at radius 3 is 2.76 bits per heavy atom. The standard InChI is InChI=1S/C10H15N3O3S/c1-13(2)5-3-4-11-8(14)9-12-7(6-17-9)10(15)16/h6H,3-5H2,1-2H3,(H,11,14)(H,15,16). The third-order valence-electron chi connectivity index (χ3n) is 1.99. The maximum absolute atomic E-state index is 11.6. The first kappa shape index (κ1) is 13.6. The molecule has 0 saturated carbocycles. The molecule has 0 atom stereocenters. The molecule has 0 aliphatic carbocycles. The quantitative estimate of drug-likeness (QED) is 0.726. The van der Waals surface area contributed by atoms with Crippen molar-refractivity contribution in [1.29, 1.82) is 0 Å². The van der Waals surface area contributed by atoms with E-state index >= 15 is 0 Å². The summed E-state index contributed by atoms with van der Waals surface area (Å²) >= 11 is 1.04. The molecule has 0 aliphatic rings. The molecule has 0 aliphatic heterocycles. The molecule has 0 radical (unpaired) electrons. The highest BCUT2D eigenvalue weighted by Crippen LogP contribution is 2.09. The Labute approximate surface area is 103 Å². The van der Waals surface area contributed by atoms with E-state index < -0.39 is 5.97 Å². The fraction of sp³-hybridized carbons (Fsp3) is 0.500. The average Bonchev–Trinajstić information content (AvgIpc) is 2.73. The number of rotatable bonds is 6. The van der Waals surface area contributed by atoms with Gasteiger partial charge in [-0.05, 0) is 27.1 Å². The number of aromatic nitrogens is 1. The molecule has 1 heterocycles. The van der Waals surface area contributed by atoms with Crippen molar-refractivity contribution in [3.63, 3.8) is 0 Å². The van der Waals surface area contributed by atoms with Crippen LogP contribution in [0, 0.1) is 0 Å². The molecule has 6 nitrogen and oxygen atoms in total. The van der Waals surface area contributed by atoms with Crippen molar-refractivity contribution in [2.45, 2.75) is 6.42 Å². The molecule has 1 rings (SSSR count). The van der Waals surface area contributed by atoms with Gasteiger partial charge in [-0.25, -0.2) is 9.78 Å². The number of carboxylic acid groups (broad SMARTS) is 1. The van der Waals surface area contributed by atoms with Crippen LogP contribution in [0.25, 0.3) is 0 Å². The summed E-state index contributed by atoms with van der Waals surface area (Å²) in [5.74, 6) is -1.44. The van der Waals surface area contributed by atoms with Crippen molar-refractivity contribution in [3.05, 3.63) is 16.1 Å². The van der Waals surface area contributed by atoms with Gasteiger partial charge < -0.3 is 15.3 Å². The second-order valence-corrected chi connectivity index (χ2v) is 4.61. The van der Waals surface area contributed by atoms with E-state index in [0.717, 1.165) is 24.3 Å². The summed E-state index contributed by atoms with van der Waals surface area (Å²) in [6, 6.07) is 0. The number of thiazole rings is 1. The fourth-order valence-electron chi connectivity index (χ4n) is 1.15. The molecule has 0 aromatic carbocycles. The number of nitrogens with one attached hydrogen (secondary N) is 1. The molecule has 94 valence electrons. The highest BCUT2D eigenvalue weighted by molar-refractivity contribution is 7.11. The first-order chi connectivity index (χ1) is 8.00. The Balaban J connectivity index is 2.39. The monoisotopic (exact) mass is 257 g/mol. The van der Waals surface area contributed by atoms with Crippen LogP contribution in [0.2, 0.25) is 0 Å². The van der Waals surface area contributed by atoms with Gasteiger partial charge in [0.05, 0.1) is 0 Å². The third-order valence-corrected chi connectivity index (χ3v) is 2.83. The molecule has 1 aromatic heterocycles. The molecule has 7 heteroatoms. The Hall–Kier alpha value is -1.47. The number of hydrogen-bond donors (Lipinski definition) is 2. The minimum Gasteiger partial charge on any atom is -0.476 e. The molecule has 1 amide bonds. The van der Waals surface area contributed by atoms with Gasteiger partial charge in [-0.15, -0.1) is 11.3 Å². The van der Waals surface area contributed by atoms with Crippen LogP contribution in [0.3, 0.4) is 0 Å². The first-order valence-corrected chi connectivity index (χ1v) is 6.00. The summed E-state index contributed by atoms with van der Waals surface area (Å²) in [7, 11) is 3.92. The zero-order valence-corrected chi connectivity index (χ0v) is 10.6. The highest BCUT2D eigenvalue weighted by Gasteiger charge is 2.13. The van der Waals surface area contributed by atoms with Crippen LogP contribution in [0.4, 0.5) is 0 Å². The number of amides is 1. The average molecular weight is 257 g/mol. The molecule has 0 unspecified atom stereocenters. The number of aromatic carboxylic acids is 1. The normalized spacial score (nSPS) is 10.5. The lowest BCUT2D eigenvalue weighted by atomic mass is 10.4. The largest absolute Gasteiger partial charge is 0.476 e. The van der Waals surface area contributed by atoms with Crippen LogP contribution in [0.1, 0.15) is 26.7 Å². The second kappa shape index (κ2) is 6.31. The van der Waals surface area contributed by atoms with Crippen LogP contribution in [-0.4, -0.2) is 54.1 Å². The van der Waals surface area contributed by atoms with Crippen LogP contribution in [0.15, 0.2) is 5.38 Å².